The molecule has 4 nitrogen and oxygen atoms in total. The summed E-state index contributed by atoms with van der Waals surface area (Å²) in [5.74, 6) is -0.915. The molecule has 0 aliphatic carbocycles. The first-order valence-corrected chi connectivity index (χ1v) is 5.90. The summed E-state index contributed by atoms with van der Waals surface area (Å²) in [5, 5.41) is 0. The summed E-state index contributed by atoms with van der Waals surface area (Å²) in [6, 6.07) is 9.26. The molecule has 0 unspecified atom stereocenters. The SMILES string of the molecule is C=C(C)CN1CCN(c2ccccc2)C(=O)C1=O. The molecule has 0 bridgehead atoms. The smallest absolute Gasteiger partial charge is 0.316 e. The highest BCUT2D eigenvalue weighted by Gasteiger charge is 2.32. The molecule has 0 aromatic heterocycles. The monoisotopic (exact) mass is 244 g/mol. The van der Waals surface area contributed by atoms with Crippen molar-refractivity contribution in [3.63, 3.8) is 0 Å². The lowest BCUT2D eigenvalue weighted by Crippen LogP contribution is -2.54. The number of hydrogen-bond donors (Lipinski definition) is 0. The Kier molecular flexibility index (Phi) is 3.46. The average Bonchev–Trinajstić information content (AvgIpc) is 2.36. The second kappa shape index (κ2) is 5.04. The maximum absolute atomic E-state index is 12.0. The van der Waals surface area contributed by atoms with Gasteiger partial charge in [0.1, 0.15) is 0 Å². The van der Waals surface area contributed by atoms with Crippen LogP contribution in [0.5, 0.6) is 0 Å². The van der Waals surface area contributed by atoms with Gasteiger partial charge in [-0.2, -0.15) is 0 Å². The van der Waals surface area contributed by atoms with Crippen LogP contribution in [0.2, 0.25) is 0 Å². The van der Waals surface area contributed by atoms with Gasteiger partial charge in [0.25, 0.3) is 0 Å². The summed E-state index contributed by atoms with van der Waals surface area (Å²) in [4.78, 5) is 27.0. The Bertz CT molecular complexity index is 482. The molecule has 1 fully saturated rings. The van der Waals surface area contributed by atoms with Gasteiger partial charge in [-0.15, -0.1) is 0 Å². The molecule has 4 heteroatoms. The predicted octanol–water partition coefficient (Wildman–Crippen LogP) is 1.44. The molecule has 0 atom stereocenters. The molecule has 0 radical (unpaired) electrons. The minimum absolute atomic E-state index is 0.451. The van der Waals surface area contributed by atoms with Crippen LogP contribution in [0.4, 0.5) is 5.69 Å². The zero-order valence-electron chi connectivity index (χ0n) is 10.4. The van der Waals surface area contributed by atoms with Crippen LogP contribution < -0.4 is 4.90 Å². The largest absolute Gasteiger partial charge is 0.329 e. The topological polar surface area (TPSA) is 40.6 Å². The first-order valence-electron chi connectivity index (χ1n) is 5.90. The van der Waals surface area contributed by atoms with Crippen LogP contribution >= 0.6 is 0 Å². The minimum atomic E-state index is -0.464. The van der Waals surface area contributed by atoms with E-state index < -0.39 is 11.8 Å². The van der Waals surface area contributed by atoms with Gasteiger partial charge in [-0.3, -0.25) is 9.59 Å². The van der Waals surface area contributed by atoms with Crippen LogP contribution in [0.15, 0.2) is 42.5 Å². The number of carbonyl (C=O) groups is 2. The molecule has 2 amide bonds. The zero-order chi connectivity index (χ0) is 13.1. The number of rotatable bonds is 3. The Morgan fingerprint density at radius 2 is 1.83 bits per heavy atom. The Balaban J connectivity index is 2.14. The standard InChI is InChI=1S/C14H16N2O2/c1-11(2)10-15-8-9-16(14(18)13(15)17)12-6-4-3-5-7-12/h3-7H,1,8-10H2,2H3. The summed E-state index contributed by atoms with van der Waals surface area (Å²) in [6.07, 6.45) is 0. The maximum Gasteiger partial charge on any atom is 0.316 e. The average molecular weight is 244 g/mol. The fraction of sp³-hybridized carbons (Fsp3) is 0.286. The van der Waals surface area contributed by atoms with E-state index in [2.05, 4.69) is 6.58 Å². The summed E-state index contributed by atoms with van der Waals surface area (Å²) >= 11 is 0. The molecule has 0 spiro atoms. The summed E-state index contributed by atoms with van der Waals surface area (Å²) in [5.41, 5.74) is 1.65. The van der Waals surface area contributed by atoms with E-state index in [0.717, 1.165) is 11.3 Å². The molecule has 1 saturated heterocycles. The summed E-state index contributed by atoms with van der Waals surface area (Å²) in [6.45, 7) is 7.14. The number of hydrogen-bond acceptors (Lipinski definition) is 2. The molecule has 0 saturated carbocycles. The summed E-state index contributed by atoms with van der Waals surface area (Å²) < 4.78 is 0. The number of amides is 2. The van der Waals surface area contributed by atoms with Crippen molar-refractivity contribution in [1.82, 2.24) is 4.90 Å². The van der Waals surface area contributed by atoms with E-state index >= 15 is 0 Å². The molecule has 1 aliphatic rings. The van der Waals surface area contributed by atoms with Crippen molar-refractivity contribution in [3.8, 4) is 0 Å². The third-order valence-corrected chi connectivity index (χ3v) is 2.84. The van der Waals surface area contributed by atoms with Gasteiger partial charge < -0.3 is 9.80 Å². The molecule has 1 aromatic carbocycles. The number of piperazine rings is 1. The predicted molar refractivity (Wildman–Crippen MR) is 70.2 cm³/mol. The minimum Gasteiger partial charge on any atom is -0.329 e. The number of para-hydroxylation sites is 1. The van der Waals surface area contributed by atoms with Gasteiger partial charge in [0.05, 0.1) is 0 Å². The summed E-state index contributed by atoms with van der Waals surface area (Å²) in [7, 11) is 0. The maximum atomic E-state index is 12.0. The van der Waals surface area contributed by atoms with Gasteiger partial charge in [-0.05, 0) is 19.1 Å². The van der Waals surface area contributed by atoms with Gasteiger partial charge in [0.15, 0.2) is 0 Å². The van der Waals surface area contributed by atoms with Gasteiger partial charge in [0, 0.05) is 25.3 Å². The van der Waals surface area contributed by atoms with Crippen LogP contribution in [-0.4, -0.2) is 36.3 Å². The zero-order valence-corrected chi connectivity index (χ0v) is 10.4. The molecule has 0 N–H and O–H groups in total. The Morgan fingerprint density at radius 1 is 1.17 bits per heavy atom. The Hall–Kier alpha value is -2.10. The van der Waals surface area contributed by atoms with Crippen molar-refractivity contribution in [1.29, 1.82) is 0 Å². The van der Waals surface area contributed by atoms with Crippen molar-refractivity contribution in [2.45, 2.75) is 6.92 Å². The lowest BCUT2D eigenvalue weighted by Gasteiger charge is -2.33. The molecule has 1 aromatic rings. The van der Waals surface area contributed by atoms with Crippen molar-refractivity contribution >= 4 is 17.5 Å². The number of benzene rings is 1. The van der Waals surface area contributed by atoms with E-state index in [1.165, 1.54) is 4.90 Å². The first-order chi connectivity index (χ1) is 8.59. The van der Waals surface area contributed by atoms with Gasteiger partial charge in [-0.1, -0.05) is 30.4 Å². The first kappa shape index (κ1) is 12.4. The van der Waals surface area contributed by atoms with E-state index in [-0.39, 0.29) is 0 Å². The molecule has 1 heterocycles. The van der Waals surface area contributed by atoms with E-state index in [0.29, 0.717) is 19.6 Å². The van der Waals surface area contributed by atoms with Gasteiger partial charge in [-0.25, -0.2) is 0 Å². The Morgan fingerprint density at radius 3 is 2.44 bits per heavy atom. The van der Waals surface area contributed by atoms with Crippen LogP contribution in [-0.2, 0) is 9.59 Å². The van der Waals surface area contributed by atoms with E-state index in [9.17, 15) is 9.59 Å². The molecule has 1 aliphatic heterocycles. The molecule has 2 rings (SSSR count). The normalized spacial score (nSPS) is 16.1. The van der Waals surface area contributed by atoms with E-state index in [4.69, 9.17) is 0 Å². The van der Waals surface area contributed by atoms with Crippen LogP contribution in [0.1, 0.15) is 6.92 Å². The van der Waals surface area contributed by atoms with Gasteiger partial charge in [0.2, 0.25) is 0 Å². The van der Waals surface area contributed by atoms with E-state index in [1.807, 2.05) is 37.3 Å². The Labute approximate surface area is 106 Å². The highest BCUT2D eigenvalue weighted by atomic mass is 16.2. The van der Waals surface area contributed by atoms with Crippen LogP contribution in [0.3, 0.4) is 0 Å². The fourth-order valence-electron chi connectivity index (χ4n) is 2.01. The van der Waals surface area contributed by atoms with Crippen molar-refractivity contribution in [2.75, 3.05) is 24.5 Å². The highest BCUT2D eigenvalue weighted by molar-refractivity contribution is 6.41. The van der Waals surface area contributed by atoms with Crippen molar-refractivity contribution in [2.24, 2.45) is 0 Å². The molecule has 94 valence electrons. The second-order valence-corrected chi connectivity index (χ2v) is 4.48. The number of carbonyl (C=O) groups excluding carboxylic acids is 2. The molecular weight excluding hydrogens is 228 g/mol. The highest BCUT2D eigenvalue weighted by Crippen LogP contribution is 2.17. The number of anilines is 1. The molecule has 18 heavy (non-hydrogen) atoms. The fourth-order valence-corrected chi connectivity index (χ4v) is 2.01. The van der Waals surface area contributed by atoms with Crippen LogP contribution in [0, 0.1) is 0 Å². The molecular formula is C14H16N2O2. The lowest BCUT2D eigenvalue weighted by molar-refractivity contribution is -0.145. The van der Waals surface area contributed by atoms with Crippen molar-refractivity contribution < 1.29 is 9.59 Å². The third kappa shape index (κ3) is 2.42. The number of nitrogens with zero attached hydrogens (tertiary/aromatic N) is 2. The quantitative estimate of drug-likeness (QED) is 0.596. The lowest BCUT2D eigenvalue weighted by atomic mass is 10.2. The van der Waals surface area contributed by atoms with Gasteiger partial charge >= 0.3 is 11.8 Å². The third-order valence-electron chi connectivity index (χ3n) is 2.84. The van der Waals surface area contributed by atoms with E-state index in [1.54, 1.807) is 4.90 Å². The van der Waals surface area contributed by atoms with Crippen molar-refractivity contribution in [3.05, 3.63) is 42.5 Å². The second-order valence-electron chi connectivity index (χ2n) is 4.48. The van der Waals surface area contributed by atoms with Crippen LogP contribution in [0.25, 0.3) is 0 Å².